The molecule has 2 heterocycles. The van der Waals surface area contributed by atoms with Crippen LogP contribution in [0.5, 0.6) is 11.5 Å². The normalized spacial score (nSPS) is 13.6. The number of benzene rings is 1. The highest BCUT2D eigenvalue weighted by atomic mass is 32.2. The fourth-order valence-electron chi connectivity index (χ4n) is 2.42. The Labute approximate surface area is 141 Å². The third-order valence-electron chi connectivity index (χ3n) is 3.57. The molecule has 1 aromatic heterocycles. The molecule has 2 aromatic rings. The smallest absolute Gasteiger partial charge is 0.241 e. The topological polar surface area (TPSA) is 80.8 Å². The largest absolute Gasteiger partial charge is 0.486 e. The number of pyridine rings is 1. The van der Waals surface area contributed by atoms with Crippen LogP contribution in [0, 0.1) is 0 Å². The van der Waals surface area contributed by atoms with Gasteiger partial charge in [0.2, 0.25) is 10.0 Å². The van der Waals surface area contributed by atoms with Gasteiger partial charge in [-0.25, -0.2) is 18.1 Å². The van der Waals surface area contributed by atoms with Crippen molar-refractivity contribution in [2.45, 2.75) is 11.4 Å². The Morgan fingerprint density at radius 3 is 2.67 bits per heavy atom. The van der Waals surface area contributed by atoms with E-state index in [0.29, 0.717) is 24.7 Å². The van der Waals surface area contributed by atoms with Gasteiger partial charge in [0.15, 0.2) is 11.5 Å². The predicted molar refractivity (Wildman–Crippen MR) is 90.0 cm³/mol. The van der Waals surface area contributed by atoms with Crippen molar-refractivity contribution in [3.8, 4) is 11.5 Å². The maximum atomic E-state index is 12.5. The first kappa shape index (κ1) is 16.5. The van der Waals surface area contributed by atoms with E-state index in [-0.39, 0.29) is 11.4 Å². The first-order valence-corrected chi connectivity index (χ1v) is 8.96. The number of nitrogens with one attached hydrogen (secondary N) is 1. The molecule has 1 aliphatic rings. The third-order valence-corrected chi connectivity index (χ3v) is 4.97. The van der Waals surface area contributed by atoms with Crippen molar-refractivity contribution < 1.29 is 17.9 Å². The molecule has 0 aliphatic carbocycles. The minimum absolute atomic E-state index is 0.141. The minimum Gasteiger partial charge on any atom is -0.486 e. The number of aromatic nitrogens is 1. The average Bonchev–Trinajstić information content (AvgIpc) is 2.59. The molecule has 1 aliphatic heterocycles. The van der Waals surface area contributed by atoms with E-state index in [0.717, 1.165) is 11.4 Å². The Morgan fingerprint density at radius 2 is 1.92 bits per heavy atom. The van der Waals surface area contributed by atoms with Crippen LogP contribution >= 0.6 is 0 Å². The lowest BCUT2D eigenvalue weighted by Gasteiger charge is -2.19. The zero-order valence-corrected chi connectivity index (χ0v) is 14.3. The Morgan fingerprint density at radius 1 is 1.17 bits per heavy atom. The summed E-state index contributed by atoms with van der Waals surface area (Å²) in [5.74, 6) is 1.73. The standard InChI is InChI=1S/C16H19N3O4S/c1-19(2)16-12(4-3-7-17-16)11-18-24(20,21)13-5-6-14-15(10-13)23-9-8-22-14/h3-7,10,18H,8-9,11H2,1-2H3. The van der Waals surface area contributed by atoms with Crippen LogP contribution in [0.3, 0.4) is 0 Å². The molecule has 0 unspecified atom stereocenters. The molecular weight excluding hydrogens is 330 g/mol. The molecule has 0 atom stereocenters. The Balaban J connectivity index is 1.80. The molecule has 24 heavy (non-hydrogen) atoms. The van der Waals surface area contributed by atoms with Crippen molar-refractivity contribution in [3.05, 3.63) is 42.1 Å². The highest BCUT2D eigenvalue weighted by molar-refractivity contribution is 7.89. The van der Waals surface area contributed by atoms with E-state index in [9.17, 15) is 8.42 Å². The summed E-state index contributed by atoms with van der Waals surface area (Å²) in [5, 5.41) is 0. The molecule has 128 valence electrons. The van der Waals surface area contributed by atoms with Crippen molar-refractivity contribution in [2.75, 3.05) is 32.2 Å². The summed E-state index contributed by atoms with van der Waals surface area (Å²) in [5.41, 5.74) is 0.795. The number of anilines is 1. The highest BCUT2D eigenvalue weighted by Crippen LogP contribution is 2.32. The molecule has 0 spiro atoms. The Hall–Kier alpha value is -2.32. The zero-order valence-electron chi connectivity index (χ0n) is 13.5. The highest BCUT2D eigenvalue weighted by Gasteiger charge is 2.19. The quantitative estimate of drug-likeness (QED) is 0.879. The molecule has 0 fully saturated rings. The van der Waals surface area contributed by atoms with E-state index in [4.69, 9.17) is 9.47 Å². The van der Waals surface area contributed by atoms with Gasteiger partial charge in [0.05, 0.1) is 4.90 Å². The maximum Gasteiger partial charge on any atom is 0.241 e. The van der Waals surface area contributed by atoms with Crippen LogP contribution in [0.4, 0.5) is 5.82 Å². The molecule has 0 radical (unpaired) electrons. The number of ether oxygens (including phenoxy) is 2. The third kappa shape index (κ3) is 3.44. The van der Waals surface area contributed by atoms with Crippen LogP contribution in [0.15, 0.2) is 41.4 Å². The van der Waals surface area contributed by atoms with Crippen LogP contribution in [-0.4, -0.2) is 40.7 Å². The second kappa shape index (κ2) is 6.66. The molecule has 3 rings (SSSR count). The van der Waals surface area contributed by atoms with E-state index in [1.54, 1.807) is 18.3 Å². The van der Waals surface area contributed by atoms with Crippen LogP contribution in [-0.2, 0) is 16.6 Å². The first-order chi connectivity index (χ1) is 11.5. The van der Waals surface area contributed by atoms with Gasteiger partial charge >= 0.3 is 0 Å². The van der Waals surface area contributed by atoms with Gasteiger partial charge < -0.3 is 14.4 Å². The second-order valence-electron chi connectivity index (χ2n) is 5.51. The van der Waals surface area contributed by atoms with Crippen LogP contribution in [0.1, 0.15) is 5.56 Å². The predicted octanol–water partition coefficient (Wildman–Crippen LogP) is 1.40. The van der Waals surface area contributed by atoms with Crippen molar-refractivity contribution >= 4 is 15.8 Å². The lowest BCUT2D eigenvalue weighted by Crippen LogP contribution is -2.25. The number of fused-ring (bicyclic) bond motifs is 1. The SMILES string of the molecule is CN(C)c1ncccc1CNS(=O)(=O)c1ccc2c(c1)OCCO2. The summed E-state index contributed by atoms with van der Waals surface area (Å²) < 4.78 is 38.5. The minimum atomic E-state index is -3.67. The van der Waals surface area contributed by atoms with Crippen LogP contribution in [0.2, 0.25) is 0 Å². The second-order valence-corrected chi connectivity index (χ2v) is 7.28. The van der Waals surface area contributed by atoms with Crippen molar-refractivity contribution in [1.29, 1.82) is 0 Å². The first-order valence-electron chi connectivity index (χ1n) is 7.48. The summed E-state index contributed by atoms with van der Waals surface area (Å²) in [6.45, 7) is 1.02. The molecule has 0 bridgehead atoms. The number of rotatable bonds is 5. The number of sulfonamides is 1. The van der Waals surface area contributed by atoms with Crippen LogP contribution in [0.25, 0.3) is 0 Å². The van der Waals surface area contributed by atoms with Crippen LogP contribution < -0.4 is 19.1 Å². The van der Waals surface area contributed by atoms with E-state index < -0.39 is 10.0 Å². The number of hydrogen-bond donors (Lipinski definition) is 1. The summed E-state index contributed by atoms with van der Waals surface area (Å²) in [7, 11) is 0.0582. The molecule has 0 saturated heterocycles. The van der Waals surface area contributed by atoms with Gasteiger partial charge in [-0.1, -0.05) is 6.07 Å². The van der Waals surface area contributed by atoms with E-state index in [2.05, 4.69) is 9.71 Å². The lowest BCUT2D eigenvalue weighted by molar-refractivity contribution is 0.171. The summed E-state index contributed by atoms with van der Waals surface area (Å²) in [4.78, 5) is 6.25. The zero-order chi connectivity index (χ0) is 17.2. The van der Waals surface area contributed by atoms with Gasteiger partial charge in [0.1, 0.15) is 19.0 Å². The average molecular weight is 349 g/mol. The van der Waals surface area contributed by atoms with E-state index >= 15 is 0 Å². The lowest BCUT2D eigenvalue weighted by atomic mass is 10.2. The fourth-order valence-corrected chi connectivity index (χ4v) is 3.44. The van der Waals surface area contributed by atoms with Crippen molar-refractivity contribution in [3.63, 3.8) is 0 Å². The Kier molecular flexibility index (Phi) is 4.59. The van der Waals surface area contributed by atoms with E-state index in [1.807, 2.05) is 25.1 Å². The van der Waals surface area contributed by atoms with Gasteiger partial charge in [-0.15, -0.1) is 0 Å². The monoisotopic (exact) mass is 349 g/mol. The molecule has 8 heteroatoms. The number of hydrogen-bond acceptors (Lipinski definition) is 6. The molecule has 0 amide bonds. The van der Waals surface area contributed by atoms with Crippen molar-refractivity contribution in [1.82, 2.24) is 9.71 Å². The molecule has 7 nitrogen and oxygen atoms in total. The molecule has 1 aromatic carbocycles. The molecular formula is C16H19N3O4S. The van der Waals surface area contributed by atoms with Gasteiger partial charge in [0, 0.05) is 38.5 Å². The van der Waals surface area contributed by atoms with Gasteiger partial charge in [-0.05, 0) is 18.2 Å². The summed E-state index contributed by atoms with van der Waals surface area (Å²) >= 11 is 0. The maximum absolute atomic E-state index is 12.5. The van der Waals surface area contributed by atoms with E-state index in [1.165, 1.54) is 12.1 Å². The van der Waals surface area contributed by atoms with Gasteiger partial charge in [0.25, 0.3) is 0 Å². The van der Waals surface area contributed by atoms with Gasteiger partial charge in [-0.3, -0.25) is 0 Å². The summed E-state index contributed by atoms with van der Waals surface area (Å²) in [6, 6.07) is 8.21. The molecule has 0 saturated carbocycles. The summed E-state index contributed by atoms with van der Waals surface area (Å²) in [6.07, 6.45) is 1.67. The fraction of sp³-hybridized carbons (Fsp3) is 0.312. The van der Waals surface area contributed by atoms with Gasteiger partial charge in [-0.2, -0.15) is 0 Å². The van der Waals surface area contributed by atoms with Crippen molar-refractivity contribution in [2.24, 2.45) is 0 Å². The number of nitrogens with zero attached hydrogens (tertiary/aromatic N) is 2. The Bertz CT molecular complexity index is 837. The molecule has 1 N–H and O–H groups in total.